The standard InChI is InChI=1S/C49H84N4O35/c1-13(60)51-25-32(68)39(20(8-57)80-44(25)76-12-50)84-45-26(52-14(2)61)33(69)41(22(10-59)81-45)86-48-38(74)42(31(67)23(83-48)11-75-24-4-16(63)28(64)17(5-54)77-24)87-49-43(36(72)30(66)19(7-56)79-49)88-46-27(53-15(3)62)34(70)40(21(9-58)82-46)85-47-37(73)35(71)29(65)18(6-55)78-47/h16-49,54-59,63-74H,4-12,50H2,1-3H3,(H,51,60)(H,52,61)(H,53,62)/t16-,17?,18?,19?,20?,21?,22?,23?,24+,25?,26?,27?,28+,29+,30+,31-,32-,33-,34-,35+,36?,37?,38?,39-,40-,41-,42+,43+,44-,45+,46+,47+,48+,49+/m1/s1. The number of hydrogen-bond donors (Lipinski definition) is 22. The molecule has 0 aromatic heterocycles. The second-order valence-corrected chi connectivity index (χ2v) is 22.0. The number of ether oxygens (including phenoxy) is 14. The van der Waals surface area contributed by atoms with Crippen molar-refractivity contribution in [1.29, 1.82) is 0 Å². The van der Waals surface area contributed by atoms with Crippen LogP contribution in [0.5, 0.6) is 0 Å². The molecule has 0 saturated carbocycles. The summed E-state index contributed by atoms with van der Waals surface area (Å²) >= 11 is 0. The number of rotatable bonds is 24. The van der Waals surface area contributed by atoms with Gasteiger partial charge in [0.25, 0.3) is 0 Å². The average Bonchev–Trinajstić information content (AvgIpc) is 1.02. The molecule has 7 aliphatic rings. The van der Waals surface area contributed by atoms with E-state index in [9.17, 15) is 106 Å². The number of carbonyl (C=O) groups is 3. The summed E-state index contributed by atoms with van der Waals surface area (Å²) in [6.45, 7) is -3.93. The molecular weight excluding hydrogens is 1200 g/mol. The van der Waals surface area contributed by atoms with Crippen molar-refractivity contribution >= 4 is 17.7 Å². The number of carbonyl (C=O) groups excluding carboxylic acids is 3. The minimum Gasteiger partial charge on any atom is -0.394 e. The highest BCUT2D eigenvalue weighted by Gasteiger charge is 2.59. The second-order valence-electron chi connectivity index (χ2n) is 22.0. The van der Waals surface area contributed by atoms with Gasteiger partial charge in [-0.1, -0.05) is 0 Å². The molecule has 23 N–H and O–H groups in total. The smallest absolute Gasteiger partial charge is 0.217 e. The molecule has 7 heterocycles. The molecule has 88 heavy (non-hydrogen) atoms. The number of aliphatic hydroxyl groups is 18. The fourth-order valence-corrected chi connectivity index (χ4v) is 11.3. The van der Waals surface area contributed by atoms with E-state index >= 15 is 0 Å². The maximum Gasteiger partial charge on any atom is 0.217 e. The van der Waals surface area contributed by atoms with Crippen LogP contribution >= 0.6 is 0 Å². The summed E-state index contributed by atoms with van der Waals surface area (Å²) in [7, 11) is 0. The molecule has 39 nitrogen and oxygen atoms in total. The molecule has 0 bridgehead atoms. The third kappa shape index (κ3) is 16.3. The summed E-state index contributed by atoms with van der Waals surface area (Å²) in [5.74, 6) is -2.40. The fourth-order valence-electron chi connectivity index (χ4n) is 11.3. The molecule has 7 aliphatic heterocycles. The van der Waals surface area contributed by atoms with E-state index in [4.69, 9.17) is 72.0 Å². The van der Waals surface area contributed by atoms with Gasteiger partial charge in [-0.25, -0.2) is 0 Å². The van der Waals surface area contributed by atoms with Gasteiger partial charge in [0.2, 0.25) is 17.7 Å². The molecule has 39 heteroatoms. The van der Waals surface area contributed by atoms with Gasteiger partial charge in [-0.15, -0.1) is 0 Å². The summed E-state index contributed by atoms with van der Waals surface area (Å²) in [5, 5.41) is 204. The van der Waals surface area contributed by atoms with E-state index in [1.807, 2.05) is 0 Å². The monoisotopic (exact) mass is 1290 g/mol. The van der Waals surface area contributed by atoms with Crippen LogP contribution in [0, 0.1) is 0 Å². The Morgan fingerprint density at radius 1 is 0.364 bits per heavy atom. The summed E-state index contributed by atoms with van der Waals surface area (Å²) in [6.07, 6.45) is -58.7. The molecule has 0 spiro atoms. The van der Waals surface area contributed by atoms with Gasteiger partial charge in [0.1, 0.15) is 159 Å². The maximum absolute atomic E-state index is 12.8. The maximum atomic E-state index is 12.8. The molecule has 0 aromatic rings. The van der Waals surface area contributed by atoms with Gasteiger partial charge in [0.05, 0.1) is 59.1 Å². The molecule has 7 fully saturated rings. The van der Waals surface area contributed by atoms with Crippen molar-refractivity contribution in [3.05, 3.63) is 0 Å². The van der Waals surface area contributed by atoms with Gasteiger partial charge in [0, 0.05) is 27.2 Å². The molecule has 0 aliphatic carbocycles. The van der Waals surface area contributed by atoms with E-state index in [-0.39, 0.29) is 0 Å². The Bertz CT molecular complexity index is 2190. The van der Waals surface area contributed by atoms with Crippen molar-refractivity contribution in [2.75, 3.05) is 53.0 Å². The summed E-state index contributed by atoms with van der Waals surface area (Å²) in [4.78, 5) is 37.7. The molecule has 0 aromatic carbocycles. The van der Waals surface area contributed by atoms with Gasteiger partial charge in [-0.05, 0) is 0 Å². The predicted octanol–water partition coefficient (Wildman–Crippen LogP) is -14.9. The Labute approximate surface area is 500 Å². The lowest BCUT2D eigenvalue weighted by Gasteiger charge is -2.51. The third-order valence-electron chi connectivity index (χ3n) is 15.9. The lowest BCUT2D eigenvalue weighted by Crippen LogP contribution is -2.71. The molecule has 34 atom stereocenters. The van der Waals surface area contributed by atoms with Crippen LogP contribution in [-0.2, 0) is 80.7 Å². The molecule has 7 saturated heterocycles. The van der Waals surface area contributed by atoms with Gasteiger partial charge in [-0.3, -0.25) is 14.4 Å². The Kier molecular flexibility index (Phi) is 26.6. The van der Waals surface area contributed by atoms with Crippen LogP contribution in [0.15, 0.2) is 0 Å². The van der Waals surface area contributed by atoms with E-state index in [1.54, 1.807) is 0 Å². The Balaban J connectivity index is 1.19. The van der Waals surface area contributed by atoms with Crippen molar-refractivity contribution in [2.45, 2.75) is 236 Å². The number of amides is 3. The lowest BCUT2D eigenvalue weighted by atomic mass is 9.93. The van der Waals surface area contributed by atoms with Gasteiger partial charge >= 0.3 is 0 Å². The highest BCUT2D eigenvalue weighted by Crippen LogP contribution is 2.38. The molecule has 13 unspecified atom stereocenters. The van der Waals surface area contributed by atoms with Gasteiger partial charge in [-0.2, -0.15) is 0 Å². The molecule has 510 valence electrons. The van der Waals surface area contributed by atoms with Crippen molar-refractivity contribution < 1.29 is 173 Å². The zero-order valence-electron chi connectivity index (χ0n) is 47.6. The first kappa shape index (κ1) is 72.5. The average molecular weight is 1290 g/mol. The number of hydrogen-bond acceptors (Lipinski definition) is 36. The SMILES string of the molecule is CC(=O)NC1[C@H](OCN)OC(CO)[C@@H](O[C@@H]2OC(CO)[C@@H](O[C@@H]3OC(CO[C@@H]4C[C@@H](O)[C@H](O)C(CO)O4)[C@@H](O)[C@H](O[C@@H]4OC(CO)[C@H](O)C(O)[C@@H]4O[C@@H]4OC(CO)[C@@H](O[C@@H]5OC(CO)[C@H](O)[C@H](O)C5O)[C@H](O)C4NC(C)=O)C3O)[C@H](O)C2NC(C)=O)[C@@H]1O. The predicted molar refractivity (Wildman–Crippen MR) is 273 cm³/mol. The molecule has 3 amide bonds. The summed E-state index contributed by atoms with van der Waals surface area (Å²) < 4.78 is 82.0. The van der Waals surface area contributed by atoms with Crippen LogP contribution in [-0.4, -0.2) is 371 Å². The van der Waals surface area contributed by atoms with Crippen LogP contribution in [0.1, 0.15) is 27.2 Å². The molecule has 0 radical (unpaired) electrons. The minimum atomic E-state index is -2.36. The van der Waals surface area contributed by atoms with Crippen LogP contribution in [0.4, 0.5) is 0 Å². The van der Waals surface area contributed by atoms with E-state index in [1.165, 1.54) is 0 Å². The fraction of sp³-hybridized carbons (Fsp3) is 0.939. The first-order valence-electron chi connectivity index (χ1n) is 28.2. The van der Waals surface area contributed by atoms with E-state index < -0.39 is 286 Å². The van der Waals surface area contributed by atoms with Crippen LogP contribution in [0.25, 0.3) is 0 Å². The molecule has 7 rings (SSSR count). The van der Waals surface area contributed by atoms with E-state index in [2.05, 4.69) is 16.0 Å². The Hall–Kier alpha value is -2.91. The number of nitrogens with two attached hydrogens (primary N) is 1. The van der Waals surface area contributed by atoms with Crippen LogP contribution in [0.3, 0.4) is 0 Å². The number of aliphatic hydroxyl groups excluding tert-OH is 18. The first-order chi connectivity index (χ1) is 41.7. The van der Waals surface area contributed by atoms with Crippen molar-refractivity contribution in [3.63, 3.8) is 0 Å². The molecular formula is C49H84N4O35. The quantitative estimate of drug-likeness (QED) is 0.0399. The summed E-state index contributed by atoms with van der Waals surface area (Å²) in [6, 6.07) is -5.01. The van der Waals surface area contributed by atoms with E-state index in [0.29, 0.717) is 0 Å². The second kappa shape index (κ2) is 32.3. The highest BCUT2D eigenvalue weighted by molar-refractivity contribution is 5.74. The zero-order valence-corrected chi connectivity index (χ0v) is 47.6. The van der Waals surface area contributed by atoms with Crippen molar-refractivity contribution in [2.24, 2.45) is 5.73 Å². The van der Waals surface area contributed by atoms with Crippen LogP contribution in [0.2, 0.25) is 0 Å². The van der Waals surface area contributed by atoms with E-state index in [0.717, 1.165) is 20.8 Å². The summed E-state index contributed by atoms with van der Waals surface area (Å²) in [5.41, 5.74) is 5.54. The lowest BCUT2D eigenvalue weighted by molar-refractivity contribution is -0.396. The van der Waals surface area contributed by atoms with Crippen molar-refractivity contribution in [1.82, 2.24) is 16.0 Å². The van der Waals surface area contributed by atoms with Crippen molar-refractivity contribution in [3.8, 4) is 0 Å². The normalized spacial score (nSPS) is 47.7. The first-order valence-corrected chi connectivity index (χ1v) is 28.2. The highest BCUT2D eigenvalue weighted by atomic mass is 16.8. The number of nitrogens with one attached hydrogen (secondary N) is 3. The zero-order chi connectivity index (χ0) is 64.7. The van der Waals surface area contributed by atoms with Gasteiger partial charge < -0.3 is 180 Å². The topological polar surface area (TPSA) is 607 Å². The third-order valence-corrected chi connectivity index (χ3v) is 15.9. The minimum absolute atomic E-state index is 0.424. The Morgan fingerprint density at radius 2 is 0.727 bits per heavy atom. The van der Waals surface area contributed by atoms with Gasteiger partial charge in [0.15, 0.2) is 44.0 Å². The largest absolute Gasteiger partial charge is 0.394 e. The van der Waals surface area contributed by atoms with Crippen LogP contribution < -0.4 is 21.7 Å². The Morgan fingerprint density at radius 3 is 1.18 bits per heavy atom.